The van der Waals surface area contributed by atoms with E-state index in [0.29, 0.717) is 6.04 Å². The summed E-state index contributed by atoms with van der Waals surface area (Å²) in [5.41, 5.74) is 2.16. The van der Waals surface area contributed by atoms with Gasteiger partial charge in [0.05, 0.1) is 12.2 Å². The number of benzene rings is 1. The number of halogens is 1. The van der Waals surface area contributed by atoms with Crippen molar-refractivity contribution in [1.29, 1.82) is 0 Å². The highest BCUT2D eigenvalue weighted by atomic mass is 35.5. The molecule has 0 radical (unpaired) electrons. The zero-order valence-electron chi connectivity index (χ0n) is 9.81. The Labute approximate surface area is 106 Å². The number of hydrogen-bond donors (Lipinski definition) is 0. The van der Waals surface area contributed by atoms with E-state index in [1.807, 2.05) is 30.5 Å². The van der Waals surface area contributed by atoms with Gasteiger partial charge >= 0.3 is 0 Å². The summed E-state index contributed by atoms with van der Waals surface area (Å²) >= 11 is 6.19. The first-order chi connectivity index (χ1) is 8.25. The van der Waals surface area contributed by atoms with Crippen molar-refractivity contribution >= 4 is 11.6 Å². The maximum absolute atomic E-state index is 6.19. The van der Waals surface area contributed by atoms with Crippen molar-refractivity contribution in [2.24, 2.45) is 5.92 Å². The molecule has 1 aliphatic rings. The molecular weight excluding hydrogens is 232 g/mol. The summed E-state index contributed by atoms with van der Waals surface area (Å²) in [5, 5.41) is 5.24. The van der Waals surface area contributed by atoms with E-state index in [1.165, 1.54) is 12.8 Å². The van der Waals surface area contributed by atoms with Crippen molar-refractivity contribution in [3.63, 3.8) is 0 Å². The van der Waals surface area contributed by atoms with E-state index in [0.717, 1.165) is 22.1 Å². The third-order valence-electron chi connectivity index (χ3n) is 3.51. The Morgan fingerprint density at radius 2 is 2.12 bits per heavy atom. The van der Waals surface area contributed by atoms with Crippen LogP contribution in [0.5, 0.6) is 0 Å². The second-order valence-electron chi connectivity index (χ2n) is 4.77. The van der Waals surface area contributed by atoms with E-state index in [-0.39, 0.29) is 0 Å². The van der Waals surface area contributed by atoms with Crippen LogP contribution in [0, 0.1) is 5.92 Å². The second-order valence-corrected chi connectivity index (χ2v) is 5.17. The fourth-order valence-corrected chi connectivity index (χ4v) is 2.43. The van der Waals surface area contributed by atoms with E-state index in [9.17, 15) is 0 Å². The van der Waals surface area contributed by atoms with Gasteiger partial charge in [0, 0.05) is 22.3 Å². The number of aromatic nitrogens is 2. The highest BCUT2D eigenvalue weighted by Crippen LogP contribution is 2.39. The molecule has 0 N–H and O–H groups in total. The van der Waals surface area contributed by atoms with Gasteiger partial charge in [0.2, 0.25) is 0 Å². The van der Waals surface area contributed by atoms with Crippen LogP contribution in [-0.4, -0.2) is 9.78 Å². The van der Waals surface area contributed by atoms with Crippen molar-refractivity contribution in [2.45, 2.75) is 25.8 Å². The number of nitrogens with zero attached hydrogens (tertiary/aromatic N) is 2. The van der Waals surface area contributed by atoms with Crippen molar-refractivity contribution in [3.05, 3.63) is 41.7 Å². The smallest absolute Gasteiger partial charge is 0.0568 e. The molecule has 3 rings (SSSR count). The minimum atomic E-state index is 0.506. The lowest BCUT2D eigenvalue weighted by atomic mass is 10.1. The minimum absolute atomic E-state index is 0.506. The van der Waals surface area contributed by atoms with Crippen LogP contribution in [0.3, 0.4) is 0 Å². The Balaban J connectivity index is 1.92. The van der Waals surface area contributed by atoms with Crippen LogP contribution in [0.2, 0.25) is 5.02 Å². The normalized spacial score (nSPS) is 17.1. The Hall–Kier alpha value is -1.28. The molecule has 0 aliphatic heterocycles. The zero-order valence-corrected chi connectivity index (χ0v) is 10.6. The van der Waals surface area contributed by atoms with E-state index >= 15 is 0 Å². The first-order valence-electron chi connectivity index (χ1n) is 6.05. The average molecular weight is 247 g/mol. The Kier molecular flexibility index (Phi) is 2.67. The molecule has 1 heterocycles. The summed E-state index contributed by atoms with van der Waals surface area (Å²) in [4.78, 5) is 0. The van der Waals surface area contributed by atoms with Crippen LogP contribution in [0.15, 0.2) is 36.7 Å². The number of hydrogen-bond acceptors (Lipinski definition) is 1. The Morgan fingerprint density at radius 1 is 1.35 bits per heavy atom. The summed E-state index contributed by atoms with van der Waals surface area (Å²) < 4.78 is 2.07. The van der Waals surface area contributed by atoms with Gasteiger partial charge in [-0.15, -0.1) is 0 Å². The fourth-order valence-electron chi connectivity index (χ4n) is 2.19. The molecule has 0 saturated heterocycles. The predicted octanol–water partition coefficient (Wildman–Crippen LogP) is 4.17. The summed E-state index contributed by atoms with van der Waals surface area (Å²) in [6, 6.07) is 8.40. The predicted molar refractivity (Wildman–Crippen MR) is 70.1 cm³/mol. The molecule has 2 nitrogen and oxygen atoms in total. The maximum atomic E-state index is 6.19. The van der Waals surface area contributed by atoms with Gasteiger partial charge in [0.25, 0.3) is 0 Å². The van der Waals surface area contributed by atoms with Gasteiger partial charge in [-0.3, -0.25) is 4.68 Å². The Bertz CT molecular complexity index is 529. The van der Waals surface area contributed by atoms with Gasteiger partial charge in [0.15, 0.2) is 0 Å². The van der Waals surface area contributed by atoms with Crippen LogP contribution in [0.25, 0.3) is 11.1 Å². The monoisotopic (exact) mass is 246 g/mol. The zero-order chi connectivity index (χ0) is 11.8. The third-order valence-corrected chi connectivity index (χ3v) is 3.84. The molecule has 17 heavy (non-hydrogen) atoms. The lowest BCUT2D eigenvalue weighted by molar-refractivity contribution is 0.440. The highest BCUT2D eigenvalue weighted by Gasteiger charge is 2.29. The highest BCUT2D eigenvalue weighted by molar-refractivity contribution is 6.33. The van der Waals surface area contributed by atoms with Crippen molar-refractivity contribution in [2.75, 3.05) is 0 Å². The lowest BCUT2D eigenvalue weighted by Crippen LogP contribution is -2.06. The fraction of sp³-hybridized carbons (Fsp3) is 0.357. The molecule has 3 heteroatoms. The van der Waals surface area contributed by atoms with E-state index in [2.05, 4.69) is 22.9 Å². The van der Waals surface area contributed by atoms with E-state index in [4.69, 9.17) is 11.6 Å². The molecule has 88 valence electrons. The molecule has 0 amide bonds. The second kappa shape index (κ2) is 4.19. The summed E-state index contributed by atoms with van der Waals surface area (Å²) in [5.74, 6) is 0.814. The molecule has 2 aromatic rings. The third kappa shape index (κ3) is 2.09. The topological polar surface area (TPSA) is 17.8 Å². The molecule has 1 saturated carbocycles. The summed E-state index contributed by atoms with van der Waals surface area (Å²) in [6.45, 7) is 2.24. The van der Waals surface area contributed by atoms with Gasteiger partial charge in [-0.05, 0) is 31.7 Å². The molecule has 1 aliphatic carbocycles. The molecule has 1 fully saturated rings. The molecule has 1 unspecified atom stereocenters. The quantitative estimate of drug-likeness (QED) is 0.795. The molecule has 1 aromatic carbocycles. The molecular formula is C14H15ClN2. The van der Waals surface area contributed by atoms with E-state index in [1.54, 1.807) is 0 Å². The van der Waals surface area contributed by atoms with Crippen molar-refractivity contribution in [1.82, 2.24) is 9.78 Å². The van der Waals surface area contributed by atoms with Crippen LogP contribution in [-0.2, 0) is 0 Å². The van der Waals surface area contributed by atoms with Crippen LogP contribution < -0.4 is 0 Å². The van der Waals surface area contributed by atoms with Gasteiger partial charge in [-0.1, -0.05) is 29.8 Å². The first-order valence-corrected chi connectivity index (χ1v) is 6.42. The number of rotatable bonds is 3. The minimum Gasteiger partial charge on any atom is -0.269 e. The molecule has 0 spiro atoms. The van der Waals surface area contributed by atoms with Crippen LogP contribution in [0.1, 0.15) is 25.8 Å². The lowest BCUT2D eigenvalue weighted by Gasteiger charge is -2.09. The summed E-state index contributed by atoms with van der Waals surface area (Å²) in [6.07, 6.45) is 6.68. The summed E-state index contributed by atoms with van der Waals surface area (Å²) in [7, 11) is 0. The first kappa shape index (κ1) is 10.8. The molecule has 1 aromatic heterocycles. The van der Waals surface area contributed by atoms with Crippen molar-refractivity contribution < 1.29 is 0 Å². The van der Waals surface area contributed by atoms with Gasteiger partial charge in [-0.25, -0.2) is 0 Å². The van der Waals surface area contributed by atoms with Gasteiger partial charge < -0.3 is 0 Å². The van der Waals surface area contributed by atoms with Gasteiger partial charge in [0.1, 0.15) is 0 Å². The van der Waals surface area contributed by atoms with Crippen molar-refractivity contribution in [3.8, 4) is 11.1 Å². The standard InChI is InChI=1S/C14H15ClN2/c1-10(11-6-7-11)17-9-12(8-16-17)13-4-2-3-5-14(13)15/h2-5,8-11H,6-7H2,1H3. The van der Waals surface area contributed by atoms with Gasteiger partial charge in [-0.2, -0.15) is 5.10 Å². The largest absolute Gasteiger partial charge is 0.269 e. The van der Waals surface area contributed by atoms with E-state index < -0.39 is 0 Å². The molecule has 0 bridgehead atoms. The maximum Gasteiger partial charge on any atom is 0.0568 e. The van der Waals surface area contributed by atoms with Crippen LogP contribution >= 0.6 is 11.6 Å². The Morgan fingerprint density at radius 3 is 2.82 bits per heavy atom. The molecule has 1 atom stereocenters. The van der Waals surface area contributed by atoms with Crippen LogP contribution in [0.4, 0.5) is 0 Å². The average Bonchev–Trinajstić information content (AvgIpc) is 3.07. The SMILES string of the molecule is CC(C1CC1)n1cc(-c2ccccc2Cl)cn1.